The van der Waals surface area contributed by atoms with Crippen molar-refractivity contribution < 1.29 is 14.3 Å². The number of benzene rings is 2. The Kier molecular flexibility index (Phi) is 5.01. The van der Waals surface area contributed by atoms with E-state index >= 15 is 0 Å². The van der Waals surface area contributed by atoms with Crippen LogP contribution in [0, 0.1) is 6.92 Å². The molecule has 0 aliphatic carbocycles. The van der Waals surface area contributed by atoms with Gasteiger partial charge >= 0.3 is 5.97 Å². The van der Waals surface area contributed by atoms with Gasteiger partial charge in [-0.1, -0.05) is 29.8 Å². The van der Waals surface area contributed by atoms with Gasteiger partial charge in [-0.25, -0.2) is 4.79 Å². The zero-order valence-electron chi connectivity index (χ0n) is 11.9. The average molecular weight is 319 g/mol. The predicted molar refractivity (Wildman–Crippen MR) is 86.0 cm³/mol. The number of nitrogens with one attached hydrogen (secondary N) is 1. The Hall–Kier alpha value is -2.53. The van der Waals surface area contributed by atoms with E-state index < -0.39 is 18.5 Å². The quantitative estimate of drug-likeness (QED) is 0.670. The van der Waals surface area contributed by atoms with Gasteiger partial charge in [-0.2, -0.15) is 0 Å². The molecule has 5 nitrogen and oxygen atoms in total. The van der Waals surface area contributed by atoms with Crippen LogP contribution in [0.15, 0.2) is 42.5 Å². The smallest absolute Gasteiger partial charge is 0.340 e. The van der Waals surface area contributed by atoms with E-state index in [1.54, 1.807) is 18.2 Å². The van der Waals surface area contributed by atoms with E-state index in [4.69, 9.17) is 22.1 Å². The molecule has 1 amide bonds. The van der Waals surface area contributed by atoms with Gasteiger partial charge in [0, 0.05) is 16.4 Å². The fourth-order valence-electron chi connectivity index (χ4n) is 1.81. The largest absolute Gasteiger partial charge is 0.452 e. The maximum absolute atomic E-state index is 11.9. The number of nitrogen functional groups attached to an aromatic ring is 1. The number of anilines is 2. The molecule has 0 bridgehead atoms. The second-order valence-corrected chi connectivity index (χ2v) is 5.11. The van der Waals surface area contributed by atoms with Crippen molar-refractivity contribution in [2.24, 2.45) is 0 Å². The number of para-hydroxylation sites is 1. The Balaban J connectivity index is 1.95. The van der Waals surface area contributed by atoms with Gasteiger partial charge < -0.3 is 15.8 Å². The van der Waals surface area contributed by atoms with Crippen molar-refractivity contribution in [2.75, 3.05) is 17.7 Å². The van der Waals surface area contributed by atoms with E-state index in [9.17, 15) is 9.59 Å². The summed E-state index contributed by atoms with van der Waals surface area (Å²) in [4.78, 5) is 23.7. The van der Waals surface area contributed by atoms with Gasteiger partial charge in [0.15, 0.2) is 6.61 Å². The van der Waals surface area contributed by atoms with E-state index in [-0.39, 0.29) is 11.3 Å². The number of carbonyl (C=O) groups excluding carboxylic acids is 2. The van der Waals surface area contributed by atoms with Gasteiger partial charge in [0.2, 0.25) is 0 Å². The summed E-state index contributed by atoms with van der Waals surface area (Å²) in [6.45, 7) is 1.47. The molecule has 0 unspecified atom stereocenters. The van der Waals surface area contributed by atoms with Crippen LogP contribution in [0.25, 0.3) is 0 Å². The molecule has 0 saturated heterocycles. The highest BCUT2D eigenvalue weighted by atomic mass is 35.5. The number of ether oxygens (including phenoxy) is 1. The number of carbonyl (C=O) groups is 2. The zero-order chi connectivity index (χ0) is 16.1. The molecule has 0 saturated carbocycles. The Labute approximate surface area is 133 Å². The molecule has 0 atom stereocenters. The topological polar surface area (TPSA) is 81.4 Å². The van der Waals surface area contributed by atoms with Crippen molar-refractivity contribution >= 4 is 34.9 Å². The summed E-state index contributed by atoms with van der Waals surface area (Å²) in [5.41, 5.74) is 7.65. The second-order valence-electron chi connectivity index (χ2n) is 4.67. The zero-order valence-corrected chi connectivity index (χ0v) is 12.7. The minimum Gasteiger partial charge on any atom is -0.452 e. The maximum Gasteiger partial charge on any atom is 0.340 e. The van der Waals surface area contributed by atoms with Crippen LogP contribution in [0.4, 0.5) is 11.4 Å². The fraction of sp³-hybridized carbons (Fsp3) is 0.125. The molecular weight excluding hydrogens is 304 g/mol. The summed E-state index contributed by atoms with van der Waals surface area (Å²) in [7, 11) is 0. The minimum absolute atomic E-state index is 0.135. The van der Waals surface area contributed by atoms with Crippen LogP contribution in [0.1, 0.15) is 15.9 Å². The number of hydrogen-bond acceptors (Lipinski definition) is 4. The molecule has 3 N–H and O–H groups in total. The van der Waals surface area contributed by atoms with Crippen LogP contribution >= 0.6 is 11.6 Å². The molecule has 0 aromatic heterocycles. The maximum atomic E-state index is 11.9. The summed E-state index contributed by atoms with van der Waals surface area (Å²) in [5.74, 6) is -1.12. The number of nitrogens with two attached hydrogens (primary N) is 1. The van der Waals surface area contributed by atoms with E-state index in [1.807, 2.05) is 19.1 Å². The number of hydrogen-bond donors (Lipinski definition) is 2. The van der Waals surface area contributed by atoms with Gasteiger partial charge in [0.25, 0.3) is 5.91 Å². The molecule has 2 aromatic carbocycles. The average Bonchev–Trinajstić information content (AvgIpc) is 2.49. The van der Waals surface area contributed by atoms with Gasteiger partial charge in [0.05, 0.1) is 5.56 Å². The predicted octanol–water partition coefficient (Wildman–Crippen LogP) is 3.03. The Morgan fingerprint density at radius 3 is 2.68 bits per heavy atom. The van der Waals surface area contributed by atoms with Crippen LogP contribution < -0.4 is 11.1 Å². The van der Waals surface area contributed by atoms with Crippen LogP contribution in [0.2, 0.25) is 5.02 Å². The molecule has 22 heavy (non-hydrogen) atoms. The lowest BCUT2D eigenvalue weighted by Gasteiger charge is -2.09. The lowest BCUT2D eigenvalue weighted by Crippen LogP contribution is -2.21. The SMILES string of the molecule is Cc1ccccc1NC(=O)COC(=O)c1cc(Cl)ccc1N. The standard InChI is InChI=1S/C16H15ClN2O3/c1-10-4-2-3-5-14(10)19-15(20)9-22-16(21)12-8-11(17)6-7-13(12)18/h2-8H,9,18H2,1H3,(H,19,20). The van der Waals surface area contributed by atoms with Gasteiger partial charge in [0.1, 0.15) is 0 Å². The lowest BCUT2D eigenvalue weighted by molar-refractivity contribution is -0.119. The Morgan fingerprint density at radius 2 is 1.95 bits per heavy atom. The molecule has 2 aromatic rings. The number of rotatable bonds is 4. The minimum atomic E-state index is -0.695. The lowest BCUT2D eigenvalue weighted by atomic mass is 10.2. The number of esters is 1. The molecule has 0 fully saturated rings. The molecule has 6 heteroatoms. The molecule has 114 valence electrons. The van der Waals surface area contributed by atoms with Crippen molar-refractivity contribution in [2.45, 2.75) is 6.92 Å². The first-order valence-electron chi connectivity index (χ1n) is 6.55. The van der Waals surface area contributed by atoms with Crippen LogP contribution in [0.5, 0.6) is 0 Å². The van der Waals surface area contributed by atoms with Crippen molar-refractivity contribution in [1.29, 1.82) is 0 Å². The third-order valence-corrected chi connectivity index (χ3v) is 3.22. The molecule has 0 radical (unpaired) electrons. The highest BCUT2D eigenvalue weighted by Gasteiger charge is 2.14. The van der Waals surface area contributed by atoms with Crippen LogP contribution in [-0.4, -0.2) is 18.5 Å². The highest BCUT2D eigenvalue weighted by Crippen LogP contribution is 2.19. The van der Waals surface area contributed by atoms with E-state index in [0.717, 1.165) is 5.56 Å². The normalized spacial score (nSPS) is 10.1. The van der Waals surface area contributed by atoms with E-state index in [0.29, 0.717) is 10.7 Å². The number of amides is 1. The monoisotopic (exact) mass is 318 g/mol. The van der Waals surface area contributed by atoms with Crippen molar-refractivity contribution in [3.8, 4) is 0 Å². The molecule has 0 heterocycles. The summed E-state index contributed by atoms with van der Waals surface area (Å²) < 4.78 is 4.95. The van der Waals surface area contributed by atoms with Gasteiger partial charge in [-0.15, -0.1) is 0 Å². The van der Waals surface area contributed by atoms with E-state index in [1.165, 1.54) is 12.1 Å². The fourth-order valence-corrected chi connectivity index (χ4v) is 1.99. The molecule has 0 aliphatic heterocycles. The summed E-state index contributed by atoms with van der Waals surface area (Å²) in [6.07, 6.45) is 0. The first kappa shape index (κ1) is 15.9. The summed E-state index contributed by atoms with van der Waals surface area (Å²) >= 11 is 5.81. The highest BCUT2D eigenvalue weighted by molar-refractivity contribution is 6.31. The Bertz CT molecular complexity index is 716. The van der Waals surface area contributed by atoms with Gasteiger partial charge in [-0.3, -0.25) is 4.79 Å². The summed E-state index contributed by atoms with van der Waals surface area (Å²) in [5, 5.41) is 3.04. The third-order valence-electron chi connectivity index (χ3n) is 2.99. The van der Waals surface area contributed by atoms with Crippen molar-refractivity contribution in [3.63, 3.8) is 0 Å². The van der Waals surface area contributed by atoms with Crippen LogP contribution in [-0.2, 0) is 9.53 Å². The number of aryl methyl sites for hydroxylation is 1. The first-order valence-corrected chi connectivity index (χ1v) is 6.93. The number of halogens is 1. The summed E-state index contributed by atoms with van der Waals surface area (Å²) in [6, 6.07) is 11.8. The molecular formula is C16H15ClN2O3. The molecule has 0 aliphatic rings. The Morgan fingerprint density at radius 1 is 1.23 bits per heavy atom. The second kappa shape index (κ2) is 6.95. The molecule has 2 rings (SSSR count). The van der Waals surface area contributed by atoms with Crippen molar-refractivity contribution in [1.82, 2.24) is 0 Å². The van der Waals surface area contributed by atoms with Gasteiger partial charge in [-0.05, 0) is 36.8 Å². The first-order chi connectivity index (χ1) is 10.5. The van der Waals surface area contributed by atoms with Crippen LogP contribution in [0.3, 0.4) is 0 Å². The third kappa shape index (κ3) is 3.99. The van der Waals surface area contributed by atoms with Crippen molar-refractivity contribution in [3.05, 3.63) is 58.6 Å². The molecule has 0 spiro atoms. The van der Waals surface area contributed by atoms with E-state index in [2.05, 4.69) is 5.32 Å².